The van der Waals surface area contributed by atoms with Gasteiger partial charge in [0.15, 0.2) is 0 Å². The van der Waals surface area contributed by atoms with Gasteiger partial charge in [0, 0.05) is 0 Å². The van der Waals surface area contributed by atoms with Gasteiger partial charge in [-0.25, -0.2) is 0 Å². The molecule has 0 aromatic carbocycles. The van der Waals surface area contributed by atoms with Crippen molar-refractivity contribution in [3.8, 4) is 0 Å². The standard InChI is InChI=1S/C15H22O3/c1-4-15(17)7-5-6-11-9-12(14(16)18-3)8-10(2)13(11)15/h4,11-12,17H,1,5-9H2,2-3H3. The maximum absolute atomic E-state index is 11.7. The fourth-order valence-electron chi connectivity index (χ4n) is 3.67. The van der Waals surface area contributed by atoms with Crippen molar-refractivity contribution < 1.29 is 14.6 Å². The monoisotopic (exact) mass is 250 g/mol. The van der Waals surface area contributed by atoms with Crippen molar-refractivity contribution in [1.82, 2.24) is 0 Å². The van der Waals surface area contributed by atoms with Crippen LogP contribution in [0.5, 0.6) is 0 Å². The average Bonchev–Trinajstić information content (AvgIpc) is 2.37. The molecule has 0 aliphatic heterocycles. The molecule has 0 bridgehead atoms. The molecule has 0 radical (unpaired) electrons. The molecule has 0 spiro atoms. The number of ether oxygens (including phenoxy) is 1. The van der Waals surface area contributed by atoms with Crippen molar-refractivity contribution >= 4 is 5.97 Å². The third kappa shape index (κ3) is 2.12. The van der Waals surface area contributed by atoms with Crippen LogP contribution in [0.4, 0.5) is 0 Å². The number of fused-ring (bicyclic) bond motifs is 1. The van der Waals surface area contributed by atoms with Crippen molar-refractivity contribution in [2.45, 2.75) is 44.6 Å². The van der Waals surface area contributed by atoms with Gasteiger partial charge in [0.2, 0.25) is 0 Å². The summed E-state index contributed by atoms with van der Waals surface area (Å²) in [5.41, 5.74) is 1.40. The number of allylic oxidation sites excluding steroid dienone is 1. The number of hydrogen-bond donors (Lipinski definition) is 1. The number of hydrogen-bond acceptors (Lipinski definition) is 3. The third-order valence-corrected chi connectivity index (χ3v) is 4.44. The Morgan fingerprint density at radius 1 is 1.61 bits per heavy atom. The number of rotatable bonds is 2. The zero-order valence-corrected chi connectivity index (χ0v) is 11.2. The van der Waals surface area contributed by atoms with Crippen LogP contribution in [0.2, 0.25) is 0 Å². The van der Waals surface area contributed by atoms with Crippen LogP contribution in [0.3, 0.4) is 0 Å². The van der Waals surface area contributed by atoms with E-state index in [0.717, 1.165) is 36.8 Å². The van der Waals surface area contributed by atoms with E-state index in [0.29, 0.717) is 12.3 Å². The summed E-state index contributed by atoms with van der Waals surface area (Å²) >= 11 is 0. The van der Waals surface area contributed by atoms with Gasteiger partial charge in [-0.1, -0.05) is 18.2 Å². The lowest BCUT2D eigenvalue weighted by Gasteiger charge is -2.43. The molecule has 0 amide bonds. The Labute approximate surface area is 109 Å². The zero-order chi connectivity index (χ0) is 13.3. The highest BCUT2D eigenvalue weighted by molar-refractivity contribution is 5.73. The molecule has 0 saturated heterocycles. The van der Waals surface area contributed by atoms with E-state index in [1.165, 1.54) is 7.11 Å². The van der Waals surface area contributed by atoms with Gasteiger partial charge in [0.05, 0.1) is 13.0 Å². The molecule has 2 rings (SSSR count). The number of carbonyl (C=O) groups excluding carboxylic acids is 1. The van der Waals surface area contributed by atoms with Crippen molar-refractivity contribution in [1.29, 1.82) is 0 Å². The lowest BCUT2D eigenvalue weighted by Crippen LogP contribution is -2.41. The molecule has 2 aliphatic carbocycles. The molecule has 0 aromatic heterocycles. The summed E-state index contributed by atoms with van der Waals surface area (Å²) in [6, 6.07) is 0. The molecular weight excluding hydrogens is 228 g/mol. The summed E-state index contributed by atoms with van der Waals surface area (Å²) in [6.07, 6.45) is 5.96. The van der Waals surface area contributed by atoms with Gasteiger partial charge in [0.1, 0.15) is 5.60 Å². The third-order valence-electron chi connectivity index (χ3n) is 4.44. The van der Waals surface area contributed by atoms with Gasteiger partial charge in [0.25, 0.3) is 0 Å². The summed E-state index contributed by atoms with van der Waals surface area (Å²) in [5, 5.41) is 10.6. The molecule has 100 valence electrons. The number of carbonyl (C=O) groups is 1. The lowest BCUT2D eigenvalue weighted by molar-refractivity contribution is -0.146. The second kappa shape index (κ2) is 4.88. The van der Waals surface area contributed by atoms with Crippen molar-refractivity contribution in [3.05, 3.63) is 23.8 Å². The van der Waals surface area contributed by atoms with E-state index >= 15 is 0 Å². The molecule has 3 heteroatoms. The predicted octanol–water partition coefficient (Wildman–Crippen LogP) is 2.60. The Morgan fingerprint density at radius 2 is 2.33 bits per heavy atom. The van der Waals surface area contributed by atoms with Crippen LogP contribution in [-0.2, 0) is 9.53 Å². The van der Waals surface area contributed by atoms with E-state index in [1.54, 1.807) is 6.08 Å². The van der Waals surface area contributed by atoms with Gasteiger partial charge in [-0.05, 0) is 50.5 Å². The Hall–Kier alpha value is -1.09. The number of esters is 1. The maximum Gasteiger partial charge on any atom is 0.308 e. The topological polar surface area (TPSA) is 46.5 Å². The smallest absolute Gasteiger partial charge is 0.308 e. The molecule has 3 atom stereocenters. The molecule has 0 aromatic rings. The highest BCUT2D eigenvalue weighted by Gasteiger charge is 2.42. The Morgan fingerprint density at radius 3 is 2.94 bits per heavy atom. The van der Waals surface area contributed by atoms with E-state index in [1.807, 2.05) is 6.92 Å². The minimum atomic E-state index is -0.853. The zero-order valence-electron chi connectivity index (χ0n) is 11.2. The second-order valence-corrected chi connectivity index (χ2v) is 5.57. The summed E-state index contributed by atoms with van der Waals surface area (Å²) in [6.45, 7) is 5.80. The van der Waals surface area contributed by atoms with Gasteiger partial charge >= 0.3 is 5.97 Å². The molecule has 3 unspecified atom stereocenters. The molecule has 0 heterocycles. The fourth-order valence-corrected chi connectivity index (χ4v) is 3.67. The van der Waals surface area contributed by atoms with Crippen molar-refractivity contribution in [2.24, 2.45) is 11.8 Å². The van der Waals surface area contributed by atoms with E-state index in [9.17, 15) is 9.90 Å². The average molecular weight is 250 g/mol. The largest absolute Gasteiger partial charge is 0.469 e. The van der Waals surface area contributed by atoms with Crippen LogP contribution in [0.15, 0.2) is 23.8 Å². The van der Waals surface area contributed by atoms with E-state index in [-0.39, 0.29) is 11.9 Å². The maximum atomic E-state index is 11.7. The minimum Gasteiger partial charge on any atom is -0.469 e. The van der Waals surface area contributed by atoms with Gasteiger partial charge in [-0.3, -0.25) is 4.79 Å². The van der Waals surface area contributed by atoms with E-state index in [4.69, 9.17) is 4.74 Å². The normalized spacial score (nSPS) is 35.9. The van der Waals surface area contributed by atoms with Gasteiger partial charge < -0.3 is 9.84 Å². The van der Waals surface area contributed by atoms with Crippen LogP contribution in [0, 0.1) is 11.8 Å². The molecule has 1 fully saturated rings. The Bertz CT molecular complexity index is 397. The van der Waals surface area contributed by atoms with Crippen LogP contribution < -0.4 is 0 Å². The van der Waals surface area contributed by atoms with Crippen LogP contribution in [0.1, 0.15) is 39.0 Å². The van der Waals surface area contributed by atoms with Crippen LogP contribution >= 0.6 is 0 Å². The predicted molar refractivity (Wildman–Crippen MR) is 69.9 cm³/mol. The summed E-state index contributed by atoms with van der Waals surface area (Å²) in [7, 11) is 1.44. The first-order valence-corrected chi connectivity index (χ1v) is 6.65. The lowest BCUT2D eigenvalue weighted by atomic mass is 9.65. The molecule has 1 saturated carbocycles. The SMILES string of the molecule is C=CC1(O)CCCC2CC(C(=O)OC)CC(C)=C21. The minimum absolute atomic E-state index is 0.0454. The van der Waals surface area contributed by atoms with Crippen LogP contribution in [-0.4, -0.2) is 23.8 Å². The quantitative estimate of drug-likeness (QED) is 0.605. The first-order valence-electron chi connectivity index (χ1n) is 6.65. The molecule has 3 nitrogen and oxygen atoms in total. The van der Waals surface area contributed by atoms with Crippen molar-refractivity contribution in [2.75, 3.05) is 7.11 Å². The van der Waals surface area contributed by atoms with Gasteiger partial charge in [-0.15, -0.1) is 0 Å². The highest BCUT2D eigenvalue weighted by Crippen LogP contribution is 2.47. The summed E-state index contributed by atoms with van der Waals surface area (Å²) in [4.78, 5) is 11.7. The first kappa shape index (κ1) is 13.3. The molecule has 18 heavy (non-hydrogen) atoms. The summed E-state index contributed by atoms with van der Waals surface area (Å²) in [5.74, 6) is 0.136. The second-order valence-electron chi connectivity index (χ2n) is 5.57. The van der Waals surface area contributed by atoms with Crippen molar-refractivity contribution in [3.63, 3.8) is 0 Å². The molecule has 1 N–H and O–H groups in total. The number of aliphatic hydroxyl groups is 1. The first-order chi connectivity index (χ1) is 8.51. The molecule has 2 aliphatic rings. The number of methoxy groups -OCH3 is 1. The summed E-state index contributed by atoms with van der Waals surface area (Å²) < 4.78 is 4.85. The van der Waals surface area contributed by atoms with E-state index < -0.39 is 5.60 Å². The highest BCUT2D eigenvalue weighted by atomic mass is 16.5. The fraction of sp³-hybridized carbons (Fsp3) is 0.667. The van der Waals surface area contributed by atoms with Gasteiger partial charge in [-0.2, -0.15) is 0 Å². The Kier molecular flexibility index (Phi) is 3.62. The van der Waals surface area contributed by atoms with Crippen LogP contribution in [0.25, 0.3) is 0 Å². The molecular formula is C15H22O3. The van der Waals surface area contributed by atoms with E-state index in [2.05, 4.69) is 6.58 Å². The Balaban J connectivity index is 2.32.